The molecule has 0 atom stereocenters. The first kappa shape index (κ1) is 24.0. The Bertz CT molecular complexity index is 1370. The predicted octanol–water partition coefficient (Wildman–Crippen LogP) is 5.21. The fourth-order valence-corrected chi connectivity index (χ4v) is 3.88. The van der Waals surface area contributed by atoms with Crippen molar-refractivity contribution in [2.45, 2.75) is 20.5 Å². The van der Waals surface area contributed by atoms with E-state index in [1.165, 1.54) is 13.2 Å². The highest BCUT2D eigenvalue weighted by atomic mass is 35.5. The van der Waals surface area contributed by atoms with Gasteiger partial charge in [0, 0.05) is 10.6 Å². The number of hydrogen-bond acceptors (Lipinski definition) is 5. The minimum Gasteiger partial charge on any atom is -0.493 e. The number of anilines is 1. The van der Waals surface area contributed by atoms with Gasteiger partial charge in [-0.25, -0.2) is 9.69 Å². The second-order valence-corrected chi connectivity index (χ2v) is 8.37. The zero-order chi connectivity index (χ0) is 25.1. The molecular formula is C27H23ClN2O5. The molecule has 3 aromatic carbocycles. The van der Waals surface area contributed by atoms with Crippen molar-refractivity contribution < 1.29 is 23.9 Å². The SMILES string of the molecule is COc1cc(/C=C2\C(=O)NC(=O)N(c3cccc(C)c3C)C2=O)ccc1OCc1ccccc1Cl. The molecule has 0 aliphatic carbocycles. The van der Waals surface area contributed by atoms with E-state index in [0.717, 1.165) is 21.6 Å². The van der Waals surface area contributed by atoms with E-state index in [9.17, 15) is 14.4 Å². The molecule has 0 bridgehead atoms. The highest BCUT2D eigenvalue weighted by Crippen LogP contribution is 2.32. The Kier molecular flexibility index (Phi) is 6.89. The summed E-state index contributed by atoms with van der Waals surface area (Å²) in [6, 6.07) is 16.9. The first-order valence-electron chi connectivity index (χ1n) is 10.8. The van der Waals surface area contributed by atoms with E-state index in [4.69, 9.17) is 21.1 Å². The van der Waals surface area contributed by atoms with Crippen LogP contribution in [0.5, 0.6) is 11.5 Å². The fraction of sp³-hybridized carbons (Fsp3) is 0.148. The van der Waals surface area contributed by atoms with Gasteiger partial charge in [0.1, 0.15) is 12.2 Å². The van der Waals surface area contributed by atoms with Crippen LogP contribution in [0.3, 0.4) is 0 Å². The van der Waals surface area contributed by atoms with Crippen molar-refractivity contribution in [3.8, 4) is 11.5 Å². The standard InChI is InChI=1S/C27H23ClN2O5/c1-16-7-6-10-22(17(16)2)30-26(32)20(25(31)29-27(30)33)13-18-11-12-23(24(14-18)34-3)35-15-19-8-4-5-9-21(19)28/h4-14H,15H2,1-3H3,(H,29,31,33)/b20-13+. The molecule has 1 N–H and O–H groups in total. The number of methoxy groups -OCH3 is 1. The Morgan fingerprint density at radius 1 is 0.971 bits per heavy atom. The molecule has 1 fully saturated rings. The second-order valence-electron chi connectivity index (χ2n) is 7.97. The molecule has 1 heterocycles. The van der Waals surface area contributed by atoms with Crippen molar-refractivity contribution in [3.05, 3.63) is 93.5 Å². The van der Waals surface area contributed by atoms with Crippen molar-refractivity contribution in [1.29, 1.82) is 0 Å². The van der Waals surface area contributed by atoms with Crippen molar-refractivity contribution in [2.75, 3.05) is 12.0 Å². The molecule has 3 aromatic rings. The summed E-state index contributed by atoms with van der Waals surface area (Å²) in [6.07, 6.45) is 1.42. The summed E-state index contributed by atoms with van der Waals surface area (Å²) < 4.78 is 11.3. The van der Waals surface area contributed by atoms with E-state index in [1.54, 1.807) is 36.4 Å². The number of imide groups is 2. The summed E-state index contributed by atoms with van der Waals surface area (Å²) in [7, 11) is 1.49. The molecule has 7 nitrogen and oxygen atoms in total. The summed E-state index contributed by atoms with van der Waals surface area (Å²) in [5, 5.41) is 2.84. The lowest BCUT2D eigenvalue weighted by molar-refractivity contribution is -0.122. The van der Waals surface area contributed by atoms with Crippen LogP contribution in [-0.4, -0.2) is 25.0 Å². The lowest BCUT2D eigenvalue weighted by Gasteiger charge is -2.28. The molecule has 0 radical (unpaired) electrons. The Balaban J connectivity index is 1.63. The molecule has 0 unspecified atom stereocenters. The van der Waals surface area contributed by atoms with Crippen LogP contribution in [0.25, 0.3) is 6.08 Å². The van der Waals surface area contributed by atoms with Crippen LogP contribution in [0.4, 0.5) is 10.5 Å². The topological polar surface area (TPSA) is 84.9 Å². The number of rotatable bonds is 6. The van der Waals surface area contributed by atoms with E-state index in [-0.39, 0.29) is 12.2 Å². The number of nitrogens with zero attached hydrogens (tertiary/aromatic N) is 1. The van der Waals surface area contributed by atoms with Gasteiger partial charge >= 0.3 is 6.03 Å². The smallest absolute Gasteiger partial charge is 0.335 e. The molecule has 1 saturated heterocycles. The monoisotopic (exact) mass is 490 g/mol. The van der Waals surface area contributed by atoms with Crippen LogP contribution in [0, 0.1) is 13.8 Å². The van der Waals surface area contributed by atoms with Gasteiger partial charge in [-0.1, -0.05) is 48.0 Å². The first-order valence-corrected chi connectivity index (χ1v) is 11.2. The predicted molar refractivity (Wildman–Crippen MR) is 134 cm³/mol. The molecule has 0 aromatic heterocycles. The fourth-order valence-electron chi connectivity index (χ4n) is 3.68. The van der Waals surface area contributed by atoms with Crippen molar-refractivity contribution in [2.24, 2.45) is 0 Å². The summed E-state index contributed by atoms with van der Waals surface area (Å²) in [5.41, 5.74) is 3.29. The zero-order valence-corrected chi connectivity index (χ0v) is 20.2. The number of amides is 4. The van der Waals surface area contributed by atoms with E-state index in [0.29, 0.717) is 27.8 Å². The molecule has 0 saturated carbocycles. The lowest BCUT2D eigenvalue weighted by atomic mass is 10.0. The highest BCUT2D eigenvalue weighted by molar-refractivity contribution is 6.39. The Hall–Kier alpha value is -4.10. The maximum absolute atomic E-state index is 13.2. The van der Waals surface area contributed by atoms with Gasteiger partial charge in [0.2, 0.25) is 0 Å². The van der Waals surface area contributed by atoms with Gasteiger partial charge < -0.3 is 9.47 Å². The van der Waals surface area contributed by atoms with Gasteiger partial charge in [0.25, 0.3) is 11.8 Å². The minimum absolute atomic E-state index is 0.169. The Labute approximate surface area is 207 Å². The number of barbiturate groups is 1. The summed E-state index contributed by atoms with van der Waals surface area (Å²) in [4.78, 5) is 39.3. The van der Waals surface area contributed by atoms with Crippen LogP contribution >= 0.6 is 11.6 Å². The molecule has 1 aliphatic rings. The summed E-state index contributed by atoms with van der Waals surface area (Å²) in [6.45, 7) is 3.94. The van der Waals surface area contributed by atoms with Gasteiger partial charge in [-0.2, -0.15) is 0 Å². The average Bonchev–Trinajstić information content (AvgIpc) is 2.84. The van der Waals surface area contributed by atoms with Crippen LogP contribution in [0.1, 0.15) is 22.3 Å². The van der Waals surface area contributed by atoms with Gasteiger partial charge in [0.05, 0.1) is 12.8 Å². The van der Waals surface area contributed by atoms with Crippen LogP contribution in [0.15, 0.2) is 66.2 Å². The number of aryl methyl sites for hydroxylation is 1. The maximum atomic E-state index is 13.2. The number of benzene rings is 3. The third-order valence-corrected chi connectivity index (χ3v) is 6.13. The van der Waals surface area contributed by atoms with E-state index in [1.807, 2.05) is 38.1 Å². The number of carbonyl (C=O) groups is 3. The quantitative estimate of drug-likeness (QED) is 0.378. The number of urea groups is 1. The van der Waals surface area contributed by atoms with Crippen molar-refractivity contribution in [1.82, 2.24) is 5.32 Å². The van der Waals surface area contributed by atoms with Crippen molar-refractivity contribution >= 4 is 41.2 Å². The zero-order valence-electron chi connectivity index (χ0n) is 19.4. The third kappa shape index (κ3) is 4.90. The van der Waals surface area contributed by atoms with E-state index >= 15 is 0 Å². The number of carbonyl (C=O) groups excluding carboxylic acids is 3. The van der Waals surface area contributed by atoms with E-state index in [2.05, 4.69) is 5.32 Å². The van der Waals surface area contributed by atoms with E-state index < -0.39 is 17.8 Å². The first-order chi connectivity index (χ1) is 16.8. The number of nitrogens with one attached hydrogen (secondary N) is 1. The summed E-state index contributed by atoms with van der Waals surface area (Å²) >= 11 is 6.19. The molecule has 4 amide bonds. The van der Waals surface area contributed by atoms with Gasteiger partial charge in [-0.05, 0) is 60.9 Å². The van der Waals surface area contributed by atoms with Gasteiger partial charge in [0.15, 0.2) is 11.5 Å². The van der Waals surface area contributed by atoms with Crippen LogP contribution < -0.4 is 19.7 Å². The molecule has 35 heavy (non-hydrogen) atoms. The average molecular weight is 491 g/mol. The third-order valence-electron chi connectivity index (χ3n) is 5.76. The summed E-state index contributed by atoms with van der Waals surface area (Å²) in [5.74, 6) is -0.580. The molecular weight excluding hydrogens is 468 g/mol. The second kappa shape index (κ2) is 10.0. The number of halogens is 1. The molecule has 0 spiro atoms. The molecule has 1 aliphatic heterocycles. The minimum atomic E-state index is -0.785. The lowest BCUT2D eigenvalue weighted by Crippen LogP contribution is -2.54. The maximum Gasteiger partial charge on any atom is 0.335 e. The van der Waals surface area contributed by atoms with Gasteiger partial charge in [-0.3, -0.25) is 14.9 Å². The molecule has 8 heteroatoms. The van der Waals surface area contributed by atoms with Crippen LogP contribution in [-0.2, 0) is 16.2 Å². The number of hydrogen-bond donors (Lipinski definition) is 1. The Morgan fingerprint density at radius 2 is 1.74 bits per heavy atom. The number of ether oxygens (including phenoxy) is 2. The highest BCUT2D eigenvalue weighted by Gasteiger charge is 2.37. The molecule has 4 rings (SSSR count). The van der Waals surface area contributed by atoms with Crippen molar-refractivity contribution in [3.63, 3.8) is 0 Å². The van der Waals surface area contributed by atoms with Gasteiger partial charge in [-0.15, -0.1) is 0 Å². The van der Waals surface area contributed by atoms with Crippen LogP contribution in [0.2, 0.25) is 5.02 Å². The Morgan fingerprint density at radius 3 is 2.49 bits per heavy atom. The molecule has 178 valence electrons. The largest absolute Gasteiger partial charge is 0.493 e. The normalized spacial score (nSPS) is 14.8.